The normalized spacial score (nSPS) is 20.0. The molecule has 0 aromatic heterocycles. The molecule has 2 aliphatic rings. The molecule has 0 aliphatic carbocycles. The van der Waals surface area contributed by atoms with Gasteiger partial charge in [-0.25, -0.2) is 18.9 Å². The van der Waals surface area contributed by atoms with Crippen LogP contribution in [0, 0.1) is 5.82 Å². The van der Waals surface area contributed by atoms with E-state index in [0.29, 0.717) is 6.42 Å². The van der Waals surface area contributed by atoms with Crippen molar-refractivity contribution < 1.29 is 33.4 Å². The fraction of sp³-hybridized carbons (Fsp3) is 0.304. The second-order valence-electron chi connectivity index (χ2n) is 7.94. The lowest BCUT2D eigenvalue weighted by Gasteiger charge is -2.43. The van der Waals surface area contributed by atoms with Crippen molar-refractivity contribution in [3.05, 3.63) is 64.9 Å². The SMILES string of the molecule is O=C(O)COCC(=O)N1CCC2C1C(=O)N(c1ccc(F)c(Cl)c1)C(=O)N2Cc1ccccc1. The zero-order valence-corrected chi connectivity index (χ0v) is 18.7. The van der Waals surface area contributed by atoms with E-state index in [1.807, 2.05) is 30.3 Å². The van der Waals surface area contributed by atoms with Crippen molar-refractivity contribution in [3.63, 3.8) is 0 Å². The highest BCUT2D eigenvalue weighted by molar-refractivity contribution is 6.31. The number of imide groups is 1. The Labute approximate surface area is 199 Å². The Bertz CT molecular complexity index is 1130. The molecule has 2 heterocycles. The number of carboxylic acids is 1. The molecule has 2 saturated heterocycles. The van der Waals surface area contributed by atoms with Gasteiger partial charge in [0.2, 0.25) is 5.91 Å². The molecule has 1 N–H and O–H groups in total. The summed E-state index contributed by atoms with van der Waals surface area (Å²) >= 11 is 5.90. The first kappa shape index (κ1) is 23.7. The van der Waals surface area contributed by atoms with Crippen molar-refractivity contribution in [2.45, 2.75) is 25.0 Å². The van der Waals surface area contributed by atoms with Crippen molar-refractivity contribution in [1.29, 1.82) is 0 Å². The monoisotopic (exact) mass is 489 g/mol. The minimum atomic E-state index is -1.22. The number of likely N-dealkylation sites (tertiary alicyclic amines) is 1. The maximum atomic E-state index is 13.7. The highest BCUT2D eigenvalue weighted by Gasteiger charge is 2.53. The second-order valence-corrected chi connectivity index (χ2v) is 8.35. The molecule has 0 saturated carbocycles. The van der Waals surface area contributed by atoms with Crippen LogP contribution in [0.3, 0.4) is 0 Å². The van der Waals surface area contributed by atoms with Crippen LogP contribution in [-0.4, -0.2) is 70.6 Å². The molecule has 178 valence electrons. The largest absolute Gasteiger partial charge is 0.480 e. The van der Waals surface area contributed by atoms with Gasteiger partial charge in [0.1, 0.15) is 25.1 Å². The lowest BCUT2D eigenvalue weighted by Crippen LogP contribution is -2.66. The first-order valence-corrected chi connectivity index (χ1v) is 10.9. The predicted octanol–water partition coefficient (Wildman–Crippen LogP) is 2.52. The second kappa shape index (κ2) is 9.78. The van der Waals surface area contributed by atoms with Gasteiger partial charge in [-0.1, -0.05) is 41.9 Å². The van der Waals surface area contributed by atoms with E-state index in [1.54, 1.807) is 0 Å². The Kier molecular flexibility index (Phi) is 6.80. The number of aliphatic carboxylic acids is 1. The van der Waals surface area contributed by atoms with Gasteiger partial charge in [0, 0.05) is 13.1 Å². The molecule has 0 spiro atoms. The standard InChI is InChI=1S/C23H21ClFN3O6/c24-16-10-15(6-7-17(16)25)28-22(32)21-18(8-9-26(21)19(29)12-34-13-20(30)31)27(23(28)33)11-14-4-2-1-3-5-14/h1-7,10,18,21H,8-9,11-13H2,(H,30,31). The summed E-state index contributed by atoms with van der Waals surface area (Å²) < 4.78 is 18.7. The quantitative estimate of drug-likeness (QED) is 0.640. The molecule has 2 aliphatic heterocycles. The lowest BCUT2D eigenvalue weighted by atomic mass is 10.0. The number of rotatable bonds is 7. The van der Waals surface area contributed by atoms with Gasteiger partial charge in [-0.05, 0) is 30.2 Å². The first-order valence-electron chi connectivity index (χ1n) is 10.5. The van der Waals surface area contributed by atoms with Crippen LogP contribution in [-0.2, 0) is 25.7 Å². The maximum Gasteiger partial charge on any atom is 0.332 e. The van der Waals surface area contributed by atoms with Crippen molar-refractivity contribution in [1.82, 2.24) is 9.80 Å². The number of anilines is 1. The van der Waals surface area contributed by atoms with Gasteiger partial charge in [-0.2, -0.15) is 0 Å². The predicted molar refractivity (Wildman–Crippen MR) is 119 cm³/mol. The van der Waals surface area contributed by atoms with Gasteiger partial charge in [-0.3, -0.25) is 9.59 Å². The highest BCUT2D eigenvalue weighted by atomic mass is 35.5. The summed E-state index contributed by atoms with van der Waals surface area (Å²) in [5.74, 6) is -3.13. The van der Waals surface area contributed by atoms with Crippen LogP contribution < -0.4 is 4.90 Å². The number of carboxylic acid groups (broad SMARTS) is 1. The smallest absolute Gasteiger partial charge is 0.332 e. The molecular formula is C23H21ClFN3O6. The lowest BCUT2D eigenvalue weighted by molar-refractivity contribution is -0.148. The topological polar surface area (TPSA) is 107 Å². The minimum absolute atomic E-state index is 0.0827. The molecule has 2 unspecified atom stereocenters. The zero-order valence-electron chi connectivity index (χ0n) is 17.9. The number of amides is 4. The third kappa shape index (κ3) is 4.59. The van der Waals surface area contributed by atoms with Crippen LogP contribution >= 0.6 is 11.6 Å². The maximum absolute atomic E-state index is 13.7. The number of hydrogen-bond donors (Lipinski definition) is 1. The van der Waals surface area contributed by atoms with E-state index < -0.39 is 54.9 Å². The van der Waals surface area contributed by atoms with E-state index in [0.717, 1.165) is 16.5 Å². The molecule has 34 heavy (non-hydrogen) atoms. The number of urea groups is 1. The van der Waals surface area contributed by atoms with Crippen LogP contribution in [0.25, 0.3) is 0 Å². The average molecular weight is 490 g/mol. The van der Waals surface area contributed by atoms with Crippen molar-refractivity contribution in [3.8, 4) is 0 Å². The molecule has 11 heteroatoms. The number of halogens is 2. The van der Waals surface area contributed by atoms with Gasteiger partial charge in [0.15, 0.2) is 0 Å². The summed E-state index contributed by atoms with van der Waals surface area (Å²) in [6, 6.07) is 10.5. The van der Waals surface area contributed by atoms with Crippen LogP contribution in [0.1, 0.15) is 12.0 Å². The molecule has 4 rings (SSSR count). The number of ether oxygens (including phenoxy) is 1. The van der Waals surface area contributed by atoms with Crippen LogP contribution in [0.4, 0.5) is 14.9 Å². The van der Waals surface area contributed by atoms with Gasteiger partial charge < -0.3 is 19.6 Å². The number of fused-ring (bicyclic) bond motifs is 1. The molecule has 0 bridgehead atoms. The summed E-state index contributed by atoms with van der Waals surface area (Å²) in [5.41, 5.74) is 0.912. The molecular weight excluding hydrogens is 469 g/mol. The Morgan fingerprint density at radius 3 is 2.53 bits per heavy atom. The fourth-order valence-corrected chi connectivity index (χ4v) is 4.49. The molecule has 2 aromatic rings. The van der Waals surface area contributed by atoms with Crippen molar-refractivity contribution >= 4 is 41.1 Å². The van der Waals surface area contributed by atoms with Crippen molar-refractivity contribution in [2.24, 2.45) is 0 Å². The van der Waals surface area contributed by atoms with E-state index in [4.69, 9.17) is 21.4 Å². The number of hydrogen-bond acceptors (Lipinski definition) is 5. The Morgan fingerprint density at radius 1 is 1.12 bits per heavy atom. The zero-order chi connectivity index (χ0) is 24.4. The fourth-order valence-electron chi connectivity index (χ4n) is 4.31. The number of nitrogens with zero attached hydrogens (tertiary/aromatic N) is 3. The third-order valence-electron chi connectivity index (χ3n) is 5.81. The number of benzene rings is 2. The van der Waals surface area contributed by atoms with Gasteiger partial charge >= 0.3 is 12.0 Å². The average Bonchev–Trinajstić information content (AvgIpc) is 3.25. The summed E-state index contributed by atoms with van der Waals surface area (Å²) in [6.45, 7) is -0.789. The van der Waals surface area contributed by atoms with Gasteiger partial charge in [0.05, 0.1) is 16.8 Å². The molecule has 2 aromatic carbocycles. The number of carbonyl (C=O) groups excluding carboxylic acids is 3. The van der Waals surface area contributed by atoms with E-state index in [9.17, 15) is 23.6 Å². The summed E-state index contributed by atoms with van der Waals surface area (Å²) in [6.07, 6.45) is 0.359. The molecule has 0 radical (unpaired) electrons. The molecule has 4 amide bonds. The van der Waals surface area contributed by atoms with E-state index in [2.05, 4.69) is 0 Å². The minimum Gasteiger partial charge on any atom is -0.480 e. The molecule has 2 atom stereocenters. The summed E-state index contributed by atoms with van der Waals surface area (Å²) in [4.78, 5) is 54.2. The summed E-state index contributed by atoms with van der Waals surface area (Å²) in [7, 11) is 0. The van der Waals surface area contributed by atoms with E-state index >= 15 is 0 Å². The Morgan fingerprint density at radius 2 is 1.85 bits per heavy atom. The number of carbonyl (C=O) groups is 4. The van der Waals surface area contributed by atoms with E-state index in [-0.39, 0.29) is 23.8 Å². The first-order chi connectivity index (χ1) is 16.3. The molecule has 9 nitrogen and oxygen atoms in total. The third-order valence-corrected chi connectivity index (χ3v) is 6.09. The van der Waals surface area contributed by atoms with E-state index in [1.165, 1.54) is 21.9 Å². The summed E-state index contributed by atoms with van der Waals surface area (Å²) in [5, 5.41) is 8.48. The van der Waals surface area contributed by atoms with Crippen LogP contribution in [0.5, 0.6) is 0 Å². The van der Waals surface area contributed by atoms with Gasteiger partial charge in [0.25, 0.3) is 5.91 Å². The Hall–Kier alpha value is -3.50. The molecule has 2 fully saturated rings. The van der Waals surface area contributed by atoms with Crippen LogP contribution in [0.2, 0.25) is 5.02 Å². The highest BCUT2D eigenvalue weighted by Crippen LogP contribution is 2.35. The van der Waals surface area contributed by atoms with Crippen LogP contribution in [0.15, 0.2) is 48.5 Å². The van der Waals surface area contributed by atoms with Gasteiger partial charge in [-0.15, -0.1) is 0 Å². The van der Waals surface area contributed by atoms with Crippen molar-refractivity contribution in [2.75, 3.05) is 24.7 Å². The Balaban J connectivity index is 1.67.